The van der Waals surface area contributed by atoms with Crippen molar-refractivity contribution in [3.8, 4) is 0 Å². The van der Waals surface area contributed by atoms with Crippen molar-refractivity contribution >= 4 is 22.4 Å². The van der Waals surface area contributed by atoms with Gasteiger partial charge in [0.25, 0.3) is 0 Å². The largest absolute Gasteiger partial charge is 0.399 e. The van der Waals surface area contributed by atoms with Crippen molar-refractivity contribution in [1.82, 2.24) is 20.2 Å². The van der Waals surface area contributed by atoms with E-state index in [2.05, 4.69) is 25.5 Å². The lowest BCUT2D eigenvalue weighted by Crippen LogP contribution is -2.03. The molecule has 2 aromatic heterocycles. The molecule has 0 unspecified atom stereocenters. The average Bonchev–Trinajstić information content (AvgIpc) is 2.82. The number of rotatable bonds is 3. The molecule has 6 nitrogen and oxygen atoms in total. The Labute approximate surface area is 110 Å². The van der Waals surface area contributed by atoms with Crippen molar-refractivity contribution in [1.29, 1.82) is 0 Å². The third-order valence-electron chi connectivity index (χ3n) is 3.04. The summed E-state index contributed by atoms with van der Waals surface area (Å²) in [6, 6.07) is 5.60. The fourth-order valence-electron chi connectivity index (χ4n) is 1.95. The summed E-state index contributed by atoms with van der Waals surface area (Å²) in [5, 5.41) is 11.1. The molecule has 0 saturated heterocycles. The predicted octanol–water partition coefficient (Wildman–Crippen LogP) is 1.86. The number of nitrogens with one attached hydrogen (secondary N) is 2. The first kappa shape index (κ1) is 11.5. The van der Waals surface area contributed by atoms with Gasteiger partial charge in [0.2, 0.25) is 0 Å². The predicted molar refractivity (Wildman–Crippen MR) is 74.6 cm³/mol. The smallest absolute Gasteiger partial charge is 0.137 e. The highest BCUT2D eigenvalue weighted by molar-refractivity contribution is 5.91. The number of aryl methyl sites for hydroxylation is 1. The Balaban J connectivity index is 1.92. The number of anilines is 2. The molecule has 0 aliphatic heterocycles. The first-order valence-corrected chi connectivity index (χ1v) is 5.97. The molecule has 0 fully saturated rings. The van der Waals surface area contributed by atoms with Gasteiger partial charge in [0.05, 0.1) is 11.7 Å². The summed E-state index contributed by atoms with van der Waals surface area (Å²) in [6.45, 7) is 2.64. The van der Waals surface area contributed by atoms with E-state index >= 15 is 0 Å². The maximum atomic E-state index is 5.81. The molecule has 96 valence electrons. The van der Waals surface area contributed by atoms with Crippen LogP contribution in [0.2, 0.25) is 0 Å². The minimum Gasteiger partial charge on any atom is -0.399 e. The number of hydrogen-bond donors (Lipinski definition) is 3. The molecule has 0 saturated carbocycles. The zero-order chi connectivity index (χ0) is 13.2. The van der Waals surface area contributed by atoms with E-state index in [0.29, 0.717) is 12.2 Å². The van der Waals surface area contributed by atoms with Crippen LogP contribution in [0.3, 0.4) is 0 Å². The van der Waals surface area contributed by atoms with Crippen LogP contribution < -0.4 is 11.1 Å². The summed E-state index contributed by atoms with van der Waals surface area (Å²) in [4.78, 5) is 8.49. The molecule has 1 aromatic carbocycles. The van der Waals surface area contributed by atoms with Gasteiger partial charge in [0.15, 0.2) is 0 Å². The number of nitrogens with zero attached hydrogens (tertiary/aromatic N) is 3. The molecular formula is C13H14N6. The molecule has 0 aliphatic rings. The van der Waals surface area contributed by atoms with Gasteiger partial charge in [0.1, 0.15) is 12.1 Å². The molecule has 0 aliphatic carbocycles. The molecule has 0 bridgehead atoms. The van der Waals surface area contributed by atoms with Crippen molar-refractivity contribution < 1.29 is 0 Å². The molecule has 0 atom stereocenters. The molecule has 0 radical (unpaired) electrons. The van der Waals surface area contributed by atoms with E-state index in [1.54, 1.807) is 12.5 Å². The number of benzene rings is 1. The van der Waals surface area contributed by atoms with Crippen LogP contribution in [0.4, 0.5) is 11.5 Å². The molecule has 6 heteroatoms. The first-order valence-electron chi connectivity index (χ1n) is 5.97. The Morgan fingerprint density at radius 2 is 2.21 bits per heavy atom. The van der Waals surface area contributed by atoms with Gasteiger partial charge in [-0.2, -0.15) is 5.10 Å². The average molecular weight is 254 g/mol. The minimum absolute atomic E-state index is 0.656. The van der Waals surface area contributed by atoms with Crippen LogP contribution in [0.15, 0.2) is 30.7 Å². The highest BCUT2D eigenvalue weighted by Gasteiger charge is 2.05. The zero-order valence-corrected chi connectivity index (χ0v) is 10.5. The quantitative estimate of drug-likeness (QED) is 0.620. The Morgan fingerprint density at radius 1 is 1.32 bits per heavy atom. The number of hydrogen-bond acceptors (Lipinski definition) is 5. The van der Waals surface area contributed by atoms with E-state index in [9.17, 15) is 0 Å². The Morgan fingerprint density at radius 3 is 3.00 bits per heavy atom. The summed E-state index contributed by atoms with van der Waals surface area (Å²) in [7, 11) is 0. The number of H-pyrrole nitrogens is 1. The molecule has 3 aromatic rings. The van der Waals surface area contributed by atoms with Gasteiger partial charge in [-0.3, -0.25) is 5.10 Å². The molecular weight excluding hydrogens is 240 g/mol. The summed E-state index contributed by atoms with van der Waals surface area (Å²) in [5.41, 5.74) is 9.53. The van der Waals surface area contributed by atoms with E-state index in [1.807, 2.05) is 25.1 Å². The van der Waals surface area contributed by atoms with Crippen LogP contribution >= 0.6 is 0 Å². The topological polar surface area (TPSA) is 92.5 Å². The van der Waals surface area contributed by atoms with E-state index in [1.165, 1.54) is 0 Å². The Kier molecular flexibility index (Phi) is 2.75. The second-order valence-corrected chi connectivity index (χ2v) is 4.37. The fourth-order valence-corrected chi connectivity index (χ4v) is 1.95. The maximum Gasteiger partial charge on any atom is 0.137 e. The van der Waals surface area contributed by atoms with E-state index in [4.69, 9.17) is 5.73 Å². The van der Waals surface area contributed by atoms with Crippen molar-refractivity contribution in [3.63, 3.8) is 0 Å². The van der Waals surface area contributed by atoms with E-state index < -0.39 is 0 Å². The van der Waals surface area contributed by atoms with Crippen LogP contribution in [-0.2, 0) is 6.54 Å². The van der Waals surface area contributed by atoms with E-state index in [-0.39, 0.29) is 0 Å². The van der Waals surface area contributed by atoms with Gasteiger partial charge < -0.3 is 11.1 Å². The standard InChI is InChI=1S/C13H14N6/c1-8-9(6-18-19-8)5-15-13-11-4-10(14)2-3-12(11)16-7-17-13/h2-4,6-7H,5,14H2,1H3,(H,18,19)(H,15,16,17). The van der Waals surface area contributed by atoms with Crippen molar-refractivity contribution in [2.75, 3.05) is 11.1 Å². The highest BCUT2D eigenvalue weighted by Crippen LogP contribution is 2.22. The van der Waals surface area contributed by atoms with Gasteiger partial charge in [-0.05, 0) is 25.1 Å². The lowest BCUT2D eigenvalue weighted by Gasteiger charge is -2.08. The number of aromatic nitrogens is 4. The molecule has 3 rings (SSSR count). The second kappa shape index (κ2) is 4.56. The molecule has 19 heavy (non-hydrogen) atoms. The second-order valence-electron chi connectivity index (χ2n) is 4.37. The van der Waals surface area contributed by atoms with Gasteiger partial charge >= 0.3 is 0 Å². The monoisotopic (exact) mass is 254 g/mol. The molecule has 0 amide bonds. The van der Waals surface area contributed by atoms with Gasteiger partial charge in [-0.25, -0.2) is 9.97 Å². The van der Waals surface area contributed by atoms with Crippen LogP contribution in [0.25, 0.3) is 10.9 Å². The van der Waals surface area contributed by atoms with Crippen LogP contribution in [0.5, 0.6) is 0 Å². The first-order chi connectivity index (χ1) is 9.24. The van der Waals surface area contributed by atoms with Crippen molar-refractivity contribution in [2.24, 2.45) is 0 Å². The number of nitrogens with two attached hydrogens (primary N) is 1. The Hall–Kier alpha value is -2.63. The minimum atomic E-state index is 0.656. The van der Waals surface area contributed by atoms with Crippen molar-refractivity contribution in [2.45, 2.75) is 13.5 Å². The van der Waals surface area contributed by atoms with Crippen molar-refractivity contribution in [3.05, 3.63) is 42.0 Å². The summed E-state index contributed by atoms with van der Waals surface area (Å²) in [6.07, 6.45) is 3.35. The number of nitrogen functional groups attached to an aromatic ring is 1. The highest BCUT2D eigenvalue weighted by atomic mass is 15.1. The summed E-state index contributed by atoms with van der Waals surface area (Å²) >= 11 is 0. The van der Waals surface area contributed by atoms with Gasteiger partial charge in [-0.1, -0.05) is 0 Å². The van der Waals surface area contributed by atoms with Gasteiger partial charge in [0, 0.05) is 28.9 Å². The molecule has 2 heterocycles. The SMILES string of the molecule is Cc1[nH]ncc1CNc1ncnc2ccc(N)cc12. The van der Waals surface area contributed by atoms with Crippen LogP contribution in [-0.4, -0.2) is 20.2 Å². The van der Waals surface area contributed by atoms with Crippen LogP contribution in [0, 0.1) is 6.92 Å². The molecule has 0 spiro atoms. The lowest BCUT2D eigenvalue weighted by atomic mass is 10.2. The number of fused-ring (bicyclic) bond motifs is 1. The van der Waals surface area contributed by atoms with Gasteiger partial charge in [-0.15, -0.1) is 0 Å². The summed E-state index contributed by atoms with van der Waals surface area (Å²) in [5.74, 6) is 0.776. The maximum absolute atomic E-state index is 5.81. The number of aromatic amines is 1. The van der Waals surface area contributed by atoms with E-state index in [0.717, 1.165) is 28.0 Å². The Bertz CT molecular complexity index is 718. The third-order valence-corrected chi connectivity index (χ3v) is 3.04. The zero-order valence-electron chi connectivity index (χ0n) is 10.5. The molecule has 4 N–H and O–H groups in total. The fraction of sp³-hybridized carbons (Fsp3) is 0.154. The normalized spacial score (nSPS) is 10.8. The lowest BCUT2D eigenvalue weighted by molar-refractivity contribution is 1.04. The van der Waals surface area contributed by atoms with Crippen LogP contribution in [0.1, 0.15) is 11.3 Å². The third kappa shape index (κ3) is 2.20. The summed E-state index contributed by atoms with van der Waals surface area (Å²) < 4.78 is 0.